The molecule has 6 heteroatoms. The average molecular weight is 344 g/mol. The van der Waals surface area contributed by atoms with Crippen molar-refractivity contribution in [3.05, 3.63) is 65.7 Å². The molecule has 4 N–H and O–H groups in total. The highest BCUT2D eigenvalue weighted by molar-refractivity contribution is 5.74. The Bertz CT molecular complexity index is 707. The fraction of sp³-hybridized carbons (Fsp3) is 0.316. The lowest BCUT2D eigenvalue weighted by Crippen LogP contribution is -2.43. The number of rotatable bonds is 4. The number of hydrogen-bond acceptors (Lipinski definition) is 2. The molecule has 1 aliphatic rings. The van der Waals surface area contributed by atoms with E-state index in [1.165, 1.54) is 24.3 Å². The zero-order valence-corrected chi connectivity index (χ0v) is 13.9. The summed E-state index contributed by atoms with van der Waals surface area (Å²) in [5.41, 5.74) is 7.39. The third-order valence-corrected chi connectivity index (χ3v) is 4.75. The Hall–Kier alpha value is -2.63. The van der Waals surface area contributed by atoms with Crippen molar-refractivity contribution in [1.29, 1.82) is 5.41 Å². The van der Waals surface area contributed by atoms with E-state index in [4.69, 9.17) is 11.1 Å². The second kappa shape index (κ2) is 7.51. The van der Waals surface area contributed by atoms with Crippen molar-refractivity contribution in [2.45, 2.75) is 18.9 Å². The van der Waals surface area contributed by atoms with Crippen molar-refractivity contribution in [3.8, 4) is 0 Å². The van der Waals surface area contributed by atoms with Gasteiger partial charge in [0, 0.05) is 18.8 Å². The van der Waals surface area contributed by atoms with Crippen LogP contribution in [0.3, 0.4) is 0 Å². The van der Waals surface area contributed by atoms with Crippen LogP contribution in [-0.4, -0.2) is 23.9 Å². The van der Waals surface area contributed by atoms with Gasteiger partial charge in [-0.25, -0.2) is 8.78 Å². The van der Waals surface area contributed by atoms with Gasteiger partial charge in [0.15, 0.2) is 5.96 Å². The zero-order chi connectivity index (χ0) is 17.8. The SMILES string of the molecule is N=C(N)N1CCC(C(Nc2ccc(F)cc2)c2ccc(F)cc2)CC1. The van der Waals surface area contributed by atoms with Gasteiger partial charge in [-0.15, -0.1) is 0 Å². The number of nitrogens with one attached hydrogen (secondary N) is 2. The van der Waals surface area contributed by atoms with Crippen LogP contribution >= 0.6 is 0 Å². The van der Waals surface area contributed by atoms with Gasteiger partial charge in [-0.1, -0.05) is 12.1 Å². The molecule has 1 aliphatic heterocycles. The van der Waals surface area contributed by atoms with E-state index < -0.39 is 0 Å². The summed E-state index contributed by atoms with van der Waals surface area (Å²) in [5, 5.41) is 11.0. The van der Waals surface area contributed by atoms with Gasteiger partial charge >= 0.3 is 0 Å². The van der Waals surface area contributed by atoms with Crippen molar-refractivity contribution in [2.75, 3.05) is 18.4 Å². The Labute approximate surface area is 146 Å². The minimum Gasteiger partial charge on any atom is -0.378 e. The summed E-state index contributed by atoms with van der Waals surface area (Å²) < 4.78 is 26.5. The Balaban J connectivity index is 1.80. The summed E-state index contributed by atoms with van der Waals surface area (Å²) in [6.07, 6.45) is 1.74. The maximum atomic E-state index is 13.3. The van der Waals surface area contributed by atoms with E-state index in [1.54, 1.807) is 24.3 Å². The largest absolute Gasteiger partial charge is 0.378 e. The molecule has 2 aromatic carbocycles. The minimum absolute atomic E-state index is 0.0137. The molecule has 0 aliphatic carbocycles. The molecule has 132 valence electrons. The van der Waals surface area contributed by atoms with E-state index in [0.29, 0.717) is 5.92 Å². The number of halogens is 2. The van der Waals surface area contributed by atoms with E-state index in [2.05, 4.69) is 5.32 Å². The number of nitrogens with two attached hydrogens (primary N) is 1. The molecule has 1 fully saturated rings. The van der Waals surface area contributed by atoms with Gasteiger partial charge < -0.3 is 16.0 Å². The van der Waals surface area contributed by atoms with Gasteiger partial charge in [-0.05, 0) is 60.7 Å². The van der Waals surface area contributed by atoms with Gasteiger partial charge in [-0.3, -0.25) is 5.41 Å². The lowest BCUT2D eigenvalue weighted by Gasteiger charge is -2.37. The van der Waals surface area contributed by atoms with Crippen molar-refractivity contribution in [2.24, 2.45) is 11.7 Å². The summed E-state index contributed by atoms with van der Waals surface area (Å²) in [6, 6.07) is 12.7. The van der Waals surface area contributed by atoms with Crippen LogP contribution in [0.2, 0.25) is 0 Å². The summed E-state index contributed by atoms with van der Waals surface area (Å²) in [5.74, 6) is -0.135. The molecule has 1 unspecified atom stereocenters. The first-order chi connectivity index (χ1) is 12.0. The molecule has 4 nitrogen and oxygen atoms in total. The number of hydrogen-bond donors (Lipinski definition) is 3. The van der Waals surface area contributed by atoms with Crippen LogP contribution in [0.15, 0.2) is 48.5 Å². The molecule has 1 saturated heterocycles. The smallest absolute Gasteiger partial charge is 0.188 e. The second-order valence-corrected chi connectivity index (χ2v) is 6.39. The number of piperidine rings is 1. The molecule has 0 saturated carbocycles. The molecule has 0 bridgehead atoms. The van der Waals surface area contributed by atoms with Crippen molar-refractivity contribution in [1.82, 2.24) is 4.90 Å². The standard InChI is InChI=1S/C19H22F2N4/c20-15-3-1-13(2-4-15)18(24-17-7-5-16(21)6-8-17)14-9-11-25(12-10-14)19(22)23/h1-8,14,18,24H,9-12H2,(H3,22,23). The lowest BCUT2D eigenvalue weighted by molar-refractivity contribution is 0.243. The van der Waals surface area contributed by atoms with Gasteiger partial charge in [0.05, 0.1) is 6.04 Å². The maximum Gasteiger partial charge on any atom is 0.188 e. The highest BCUT2D eigenvalue weighted by Crippen LogP contribution is 2.34. The Morgan fingerprint density at radius 2 is 1.52 bits per heavy atom. The molecule has 0 radical (unpaired) electrons. The molecule has 2 aromatic rings. The normalized spacial score (nSPS) is 16.5. The Morgan fingerprint density at radius 3 is 2.04 bits per heavy atom. The predicted octanol–water partition coefficient (Wildman–Crippen LogP) is 3.72. The van der Waals surface area contributed by atoms with Crippen LogP contribution in [0.4, 0.5) is 14.5 Å². The average Bonchev–Trinajstić information content (AvgIpc) is 2.62. The minimum atomic E-state index is -0.279. The Kier molecular flexibility index (Phi) is 5.16. The molecule has 3 rings (SSSR count). The van der Waals surface area contributed by atoms with Crippen LogP contribution in [0, 0.1) is 23.0 Å². The van der Waals surface area contributed by atoms with E-state index in [9.17, 15) is 8.78 Å². The van der Waals surface area contributed by atoms with Crippen LogP contribution in [-0.2, 0) is 0 Å². The number of likely N-dealkylation sites (tertiary alicyclic amines) is 1. The predicted molar refractivity (Wildman–Crippen MR) is 95.4 cm³/mol. The van der Waals surface area contributed by atoms with Gasteiger partial charge in [0.2, 0.25) is 0 Å². The Morgan fingerprint density at radius 1 is 1.00 bits per heavy atom. The van der Waals surface area contributed by atoms with E-state index >= 15 is 0 Å². The third-order valence-electron chi connectivity index (χ3n) is 4.75. The van der Waals surface area contributed by atoms with Crippen LogP contribution in [0.25, 0.3) is 0 Å². The summed E-state index contributed by atoms with van der Waals surface area (Å²) >= 11 is 0. The number of anilines is 1. The van der Waals surface area contributed by atoms with Crippen LogP contribution < -0.4 is 11.1 Å². The summed E-state index contributed by atoms with van der Waals surface area (Å²) in [7, 11) is 0. The monoisotopic (exact) mass is 344 g/mol. The van der Waals surface area contributed by atoms with E-state index in [0.717, 1.165) is 37.2 Å². The number of guanidine groups is 1. The number of nitrogens with zero attached hydrogens (tertiary/aromatic N) is 1. The van der Waals surface area contributed by atoms with Gasteiger partial charge in [-0.2, -0.15) is 0 Å². The quantitative estimate of drug-likeness (QED) is 0.585. The van der Waals surface area contributed by atoms with Crippen LogP contribution in [0.1, 0.15) is 24.4 Å². The zero-order valence-electron chi connectivity index (χ0n) is 13.9. The number of benzene rings is 2. The van der Waals surface area contributed by atoms with Crippen molar-refractivity contribution < 1.29 is 8.78 Å². The molecule has 25 heavy (non-hydrogen) atoms. The summed E-state index contributed by atoms with van der Waals surface area (Å²) in [4.78, 5) is 1.86. The highest BCUT2D eigenvalue weighted by Gasteiger charge is 2.28. The van der Waals surface area contributed by atoms with Crippen molar-refractivity contribution in [3.63, 3.8) is 0 Å². The van der Waals surface area contributed by atoms with E-state index in [-0.39, 0.29) is 23.6 Å². The molecule has 0 amide bonds. The van der Waals surface area contributed by atoms with Crippen molar-refractivity contribution >= 4 is 11.6 Å². The highest BCUT2D eigenvalue weighted by atomic mass is 19.1. The molecule has 1 atom stereocenters. The fourth-order valence-electron chi connectivity index (χ4n) is 3.34. The van der Waals surface area contributed by atoms with Crippen LogP contribution in [0.5, 0.6) is 0 Å². The summed E-state index contributed by atoms with van der Waals surface area (Å²) in [6.45, 7) is 1.45. The first-order valence-corrected chi connectivity index (χ1v) is 8.39. The molecule has 1 heterocycles. The first-order valence-electron chi connectivity index (χ1n) is 8.39. The molecular formula is C19H22F2N4. The topological polar surface area (TPSA) is 65.1 Å². The second-order valence-electron chi connectivity index (χ2n) is 6.39. The fourth-order valence-corrected chi connectivity index (χ4v) is 3.34. The van der Waals surface area contributed by atoms with E-state index in [1.807, 2.05) is 4.90 Å². The van der Waals surface area contributed by atoms with Gasteiger partial charge in [0.25, 0.3) is 0 Å². The third kappa shape index (κ3) is 4.26. The van der Waals surface area contributed by atoms with Gasteiger partial charge in [0.1, 0.15) is 11.6 Å². The maximum absolute atomic E-state index is 13.3. The lowest BCUT2D eigenvalue weighted by atomic mass is 9.85. The molecule has 0 spiro atoms. The molecule has 0 aromatic heterocycles. The molecular weight excluding hydrogens is 322 g/mol. The first kappa shape index (κ1) is 17.2.